The summed E-state index contributed by atoms with van der Waals surface area (Å²) in [5, 5.41) is 0.791. The zero-order valence-corrected chi connectivity index (χ0v) is 16.2. The van der Waals surface area contributed by atoms with E-state index in [0.29, 0.717) is 27.9 Å². The largest absolute Gasteiger partial charge is 0.454 e. The Labute approximate surface area is 162 Å². The first kappa shape index (κ1) is 20.3. The maximum absolute atomic E-state index is 12.1. The van der Waals surface area contributed by atoms with Crippen molar-refractivity contribution in [3.63, 3.8) is 0 Å². The molecule has 0 spiro atoms. The lowest BCUT2D eigenvalue weighted by atomic mass is 10.1. The van der Waals surface area contributed by atoms with Crippen molar-refractivity contribution in [1.29, 1.82) is 0 Å². The third-order valence-corrected chi connectivity index (χ3v) is 4.56. The van der Waals surface area contributed by atoms with Gasteiger partial charge in [0, 0.05) is 0 Å². The number of hydrogen-bond donors (Lipinski definition) is 2. The molecule has 6 nitrogen and oxygen atoms in total. The fourth-order valence-electron chi connectivity index (χ4n) is 2.32. The molecule has 8 heteroatoms. The third kappa shape index (κ3) is 5.76. The molecule has 140 valence electrons. The molecule has 0 aliphatic heterocycles. The zero-order chi connectivity index (χ0) is 19.1. The number of amides is 2. The quantitative estimate of drug-likeness (QED) is 0.701. The van der Waals surface area contributed by atoms with Crippen molar-refractivity contribution < 1.29 is 14.0 Å². The molecular formula is C18H21Cl2N3O3. The molecule has 1 aromatic heterocycles. The molecule has 26 heavy (non-hydrogen) atoms. The molecule has 0 atom stereocenters. The molecule has 1 heterocycles. The van der Waals surface area contributed by atoms with Gasteiger partial charge in [0.1, 0.15) is 5.76 Å². The average molecular weight is 398 g/mol. The van der Waals surface area contributed by atoms with Crippen LogP contribution in [0.1, 0.15) is 35.7 Å². The first-order chi connectivity index (χ1) is 12.4. The molecule has 0 bridgehead atoms. The van der Waals surface area contributed by atoms with Crippen LogP contribution in [0.25, 0.3) is 0 Å². The Morgan fingerprint density at radius 3 is 2.42 bits per heavy atom. The SMILES string of the molecule is CCN(CC)Cc1ccc(C(=O)NNC(=O)Cc2ccc(Cl)c(Cl)c2)o1. The molecule has 2 amide bonds. The molecule has 0 aliphatic carbocycles. The molecular weight excluding hydrogens is 377 g/mol. The predicted molar refractivity (Wildman–Crippen MR) is 101 cm³/mol. The van der Waals surface area contributed by atoms with Gasteiger partial charge in [-0.2, -0.15) is 0 Å². The van der Waals surface area contributed by atoms with Gasteiger partial charge in [0.25, 0.3) is 0 Å². The van der Waals surface area contributed by atoms with E-state index in [0.717, 1.165) is 13.1 Å². The van der Waals surface area contributed by atoms with Crippen molar-refractivity contribution in [2.24, 2.45) is 0 Å². The van der Waals surface area contributed by atoms with Gasteiger partial charge in [0.2, 0.25) is 5.91 Å². The highest BCUT2D eigenvalue weighted by Crippen LogP contribution is 2.22. The van der Waals surface area contributed by atoms with Crippen molar-refractivity contribution in [1.82, 2.24) is 15.8 Å². The number of nitrogens with one attached hydrogen (secondary N) is 2. The Kier molecular flexibility index (Phi) is 7.50. The normalized spacial score (nSPS) is 10.8. The fraction of sp³-hybridized carbons (Fsp3) is 0.333. The molecule has 0 fully saturated rings. The van der Waals surface area contributed by atoms with Gasteiger partial charge in [0.15, 0.2) is 5.76 Å². The summed E-state index contributed by atoms with van der Waals surface area (Å²) >= 11 is 11.8. The maximum Gasteiger partial charge on any atom is 0.305 e. The number of carbonyl (C=O) groups excluding carboxylic acids is 2. The predicted octanol–water partition coefficient (Wildman–Crippen LogP) is 3.43. The van der Waals surface area contributed by atoms with Gasteiger partial charge in [0.05, 0.1) is 23.0 Å². The summed E-state index contributed by atoms with van der Waals surface area (Å²) < 4.78 is 5.52. The first-order valence-corrected chi connectivity index (χ1v) is 9.02. The van der Waals surface area contributed by atoms with E-state index in [1.54, 1.807) is 30.3 Å². The summed E-state index contributed by atoms with van der Waals surface area (Å²) in [4.78, 5) is 26.2. The Balaban J connectivity index is 1.85. The van der Waals surface area contributed by atoms with Gasteiger partial charge in [-0.05, 0) is 42.9 Å². The van der Waals surface area contributed by atoms with E-state index in [1.807, 2.05) is 0 Å². The van der Waals surface area contributed by atoms with Crippen LogP contribution in [0.15, 0.2) is 34.7 Å². The van der Waals surface area contributed by atoms with E-state index in [4.69, 9.17) is 27.6 Å². The maximum atomic E-state index is 12.1. The average Bonchev–Trinajstić information content (AvgIpc) is 3.09. The standard InChI is InChI=1S/C18H21Cl2N3O3/c1-3-23(4-2)11-13-6-8-16(26-13)18(25)22-21-17(24)10-12-5-7-14(19)15(20)9-12/h5-9H,3-4,10-11H2,1-2H3,(H,21,24)(H,22,25). The molecule has 0 radical (unpaired) electrons. The number of rotatable bonds is 7. The fourth-order valence-corrected chi connectivity index (χ4v) is 2.64. The lowest BCUT2D eigenvalue weighted by Gasteiger charge is -2.15. The van der Waals surface area contributed by atoms with Crippen LogP contribution in [0.4, 0.5) is 0 Å². The zero-order valence-electron chi connectivity index (χ0n) is 14.6. The van der Waals surface area contributed by atoms with Crippen LogP contribution in [0, 0.1) is 0 Å². The highest BCUT2D eigenvalue weighted by Gasteiger charge is 2.14. The smallest absolute Gasteiger partial charge is 0.305 e. The number of carbonyl (C=O) groups is 2. The van der Waals surface area contributed by atoms with Crippen molar-refractivity contribution in [2.45, 2.75) is 26.8 Å². The minimum atomic E-state index is -0.515. The van der Waals surface area contributed by atoms with E-state index in [2.05, 4.69) is 29.6 Å². The summed E-state index contributed by atoms with van der Waals surface area (Å²) in [6.45, 7) is 6.53. The summed E-state index contributed by atoms with van der Waals surface area (Å²) in [5.41, 5.74) is 5.37. The molecule has 1 aromatic carbocycles. The van der Waals surface area contributed by atoms with E-state index in [9.17, 15) is 9.59 Å². The Morgan fingerprint density at radius 1 is 1.04 bits per heavy atom. The van der Waals surface area contributed by atoms with Crippen LogP contribution in [-0.2, 0) is 17.8 Å². The van der Waals surface area contributed by atoms with Gasteiger partial charge in [-0.1, -0.05) is 43.1 Å². The summed E-state index contributed by atoms with van der Waals surface area (Å²) in [6.07, 6.45) is 0.0581. The first-order valence-electron chi connectivity index (χ1n) is 8.27. The van der Waals surface area contributed by atoms with Crippen LogP contribution in [-0.4, -0.2) is 29.8 Å². The van der Waals surface area contributed by atoms with E-state index < -0.39 is 5.91 Å². The number of hydrazine groups is 1. The van der Waals surface area contributed by atoms with E-state index in [-0.39, 0.29) is 18.1 Å². The monoisotopic (exact) mass is 397 g/mol. The number of hydrogen-bond acceptors (Lipinski definition) is 4. The van der Waals surface area contributed by atoms with Gasteiger partial charge >= 0.3 is 5.91 Å². The second-order valence-corrected chi connectivity index (χ2v) is 6.47. The van der Waals surface area contributed by atoms with Gasteiger partial charge in [-0.25, -0.2) is 0 Å². The highest BCUT2D eigenvalue weighted by atomic mass is 35.5. The van der Waals surface area contributed by atoms with Crippen LogP contribution >= 0.6 is 23.2 Å². The Bertz CT molecular complexity index is 773. The van der Waals surface area contributed by atoms with E-state index in [1.165, 1.54) is 0 Å². The second-order valence-electron chi connectivity index (χ2n) is 5.65. The van der Waals surface area contributed by atoms with Crippen LogP contribution in [0.2, 0.25) is 10.0 Å². The number of benzene rings is 1. The van der Waals surface area contributed by atoms with Crippen molar-refractivity contribution in [3.05, 3.63) is 57.5 Å². The van der Waals surface area contributed by atoms with Crippen LogP contribution in [0.5, 0.6) is 0 Å². The third-order valence-electron chi connectivity index (χ3n) is 3.82. The molecule has 0 saturated carbocycles. The van der Waals surface area contributed by atoms with Crippen molar-refractivity contribution in [2.75, 3.05) is 13.1 Å². The van der Waals surface area contributed by atoms with Crippen LogP contribution < -0.4 is 10.9 Å². The Morgan fingerprint density at radius 2 is 1.77 bits per heavy atom. The number of furan rings is 1. The molecule has 0 aliphatic rings. The lowest BCUT2D eigenvalue weighted by molar-refractivity contribution is -0.121. The number of halogens is 2. The summed E-state index contributed by atoms with van der Waals surface area (Å²) in [7, 11) is 0. The molecule has 2 N–H and O–H groups in total. The van der Waals surface area contributed by atoms with Crippen molar-refractivity contribution in [3.8, 4) is 0 Å². The van der Waals surface area contributed by atoms with Gasteiger partial charge in [-0.15, -0.1) is 0 Å². The second kappa shape index (κ2) is 9.62. The minimum absolute atomic E-state index is 0.0581. The summed E-state index contributed by atoms with van der Waals surface area (Å²) in [5.74, 6) is -0.0621. The molecule has 0 saturated heterocycles. The molecule has 0 unspecified atom stereocenters. The highest BCUT2D eigenvalue weighted by molar-refractivity contribution is 6.42. The van der Waals surface area contributed by atoms with E-state index >= 15 is 0 Å². The molecule has 2 rings (SSSR count). The van der Waals surface area contributed by atoms with Crippen molar-refractivity contribution >= 4 is 35.0 Å². The van der Waals surface area contributed by atoms with Crippen LogP contribution in [0.3, 0.4) is 0 Å². The molecule has 2 aromatic rings. The topological polar surface area (TPSA) is 74.6 Å². The van der Waals surface area contributed by atoms with Gasteiger partial charge < -0.3 is 4.42 Å². The summed E-state index contributed by atoms with van der Waals surface area (Å²) in [6, 6.07) is 8.26. The minimum Gasteiger partial charge on any atom is -0.454 e. The number of nitrogens with zero attached hydrogens (tertiary/aromatic N) is 1. The van der Waals surface area contributed by atoms with Gasteiger partial charge in [-0.3, -0.25) is 25.3 Å². The lowest BCUT2D eigenvalue weighted by Crippen LogP contribution is -2.42. The Hall–Kier alpha value is -2.02.